The van der Waals surface area contributed by atoms with E-state index in [1.165, 1.54) is 0 Å². The smallest absolute Gasteiger partial charge is 0.344 e. The summed E-state index contributed by atoms with van der Waals surface area (Å²) in [5.74, 6) is 0.316. The van der Waals surface area contributed by atoms with Crippen molar-refractivity contribution in [3.63, 3.8) is 0 Å². The Morgan fingerprint density at radius 3 is 2.24 bits per heavy atom. The summed E-state index contributed by atoms with van der Waals surface area (Å²) in [6.45, 7) is 10.7. The third kappa shape index (κ3) is 7.78. The Morgan fingerprint density at radius 2 is 1.55 bits per heavy atom. The first-order chi connectivity index (χ1) is 15.4. The van der Waals surface area contributed by atoms with Gasteiger partial charge in [-0.25, -0.2) is 4.79 Å². The Kier molecular flexibility index (Phi) is 7.31. The van der Waals surface area contributed by atoms with Crippen molar-refractivity contribution in [2.24, 2.45) is 0 Å². The Labute approximate surface area is 197 Å². The fraction of sp³-hybridized carbons (Fsp3) is 0.417. The molecule has 0 spiro atoms. The molecule has 0 saturated heterocycles. The maximum absolute atomic E-state index is 11.9. The molecule has 0 atom stereocenters. The van der Waals surface area contributed by atoms with E-state index in [0.29, 0.717) is 16.8 Å². The highest BCUT2D eigenvalue weighted by Crippen LogP contribution is 2.27. The van der Waals surface area contributed by atoms with Gasteiger partial charge in [0.05, 0.1) is 0 Å². The fourth-order valence-corrected chi connectivity index (χ4v) is 3.38. The van der Waals surface area contributed by atoms with E-state index in [1.807, 2.05) is 71.9 Å². The van der Waals surface area contributed by atoms with Gasteiger partial charge < -0.3 is 18.7 Å². The molecule has 33 heavy (non-hydrogen) atoms. The van der Waals surface area contributed by atoms with Gasteiger partial charge in [0.1, 0.15) is 22.7 Å². The van der Waals surface area contributed by atoms with Crippen LogP contribution in [0.4, 0.5) is 0 Å². The lowest BCUT2D eigenvalue weighted by Crippen LogP contribution is -2.27. The molecule has 0 aliphatic rings. The van der Waals surface area contributed by atoms with Crippen molar-refractivity contribution in [2.75, 3.05) is 12.4 Å². The van der Waals surface area contributed by atoms with Crippen LogP contribution >= 0.6 is 11.8 Å². The van der Waals surface area contributed by atoms with Crippen molar-refractivity contribution < 1.29 is 28.3 Å². The van der Waals surface area contributed by atoms with Crippen molar-refractivity contribution in [3.05, 3.63) is 36.4 Å². The van der Waals surface area contributed by atoms with Gasteiger partial charge >= 0.3 is 11.9 Å². The van der Waals surface area contributed by atoms with Crippen LogP contribution < -0.4 is 4.74 Å². The van der Waals surface area contributed by atoms with Gasteiger partial charge in [-0.05, 0) is 70.5 Å². The Bertz CT molecular complexity index is 1140. The number of fused-ring (bicyclic) bond motifs is 1. The summed E-state index contributed by atoms with van der Waals surface area (Å²) in [6, 6.07) is 11.2. The number of rotatable bonds is 7. The second-order valence-electron chi connectivity index (χ2n) is 9.36. The predicted molar refractivity (Wildman–Crippen MR) is 125 cm³/mol. The van der Waals surface area contributed by atoms with Gasteiger partial charge in [-0.3, -0.25) is 4.79 Å². The van der Waals surface area contributed by atoms with Crippen LogP contribution in [0.2, 0.25) is 0 Å². The van der Waals surface area contributed by atoms with Gasteiger partial charge in [-0.2, -0.15) is 4.98 Å². The zero-order valence-electron chi connectivity index (χ0n) is 19.6. The summed E-state index contributed by atoms with van der Waals surface area (Å²) in [5, 5.41) is 6.18. The van der Waals surface area contributed by atoms with Crippen LogP contribution in [0.5, 0.6) is 5.75 Å². The molecule has 0 aliphatic heterocycles. The molecule has 1 heterocycles. The number of aromatic nitrogens is 2. The summed E-state index contributed by atoms with van der Waals surface area (Å²) in [4.78, 5) is 28.1. The van der Waals surface area contributed by atoms with Gasteiger partial charge in [0, 0.05) is 5.56 Å². The summed E-state index contributed by atoms with van der Waals surface area (Å²) in [5.41, 5.74) is -0.315. The average Bonchev–Trinajstić information content (AvgIpc) is 3.17. The molecule has 0 amide bonds. The van der Waals surface area contributed by atoms with Gasteiger partial charge in [0.15, 0.2) is 6.61 Å². The lowest BCUT2D eigenvalue weighted by atomic mass is 10.1. The molecule has 8 nitrogen and oxygen atoms in total. The summed E-state index contributed by atoms with van der Waals surface area (Å²) < 4.78 is 21.3. The maximum atomic E-state index is 11.9. The van der Waals surface area contributed by atoms with Crippen LogP contribution in [0.1, 0.15) is 41.5 Å². The van der Waals surface area contributed by atoms with Crippen molar-refractivity contribution in [2.45, 2.75) is 58.0 Å². The molecule has 3 rings (SSSR count). The minimum Gasteiger partial charge on any atom is -0.482 e. The normalized spacial score (nSPS) is 11.9. The zero-order valence-corrected chi connectivity index (χ0v) is 20.4. The van der Waals surface area contributed by atoms with Crippen LogP contribution in [-0.2, 0) is 19.1 Å². The molecule has 2 aromatic carbocycles. The summed E-state index contributed by atoms with van der Waals surface area (Å²) in [7, 11) is 0. The summed E-state index contributed by atoms with van der Waals surface area (Å²) in [6.07, 6.45) is 0. The minimum absolute atomic E-state index is 0.0860. The molecule has 0 N–H and O–H groups in total. The molecule has 0 unspecified atom stereocenters. The molecule has 0 saturated carbocycles. The minimum atomic E-state index is -0.552. The van der Waals surface area contributed by atoms with Gasteiger partial charge in [-0.1, -0.05) is 35.1 Å². The van der Waals surface area contributed by atoms with E-state index in [0.717, 1.165) is 28.1 Å². The van der Waals surface area contributed by atoms with Crippen LogP contribution in [0, 0.1) is 0 Å². The van der Waals surface area contributed by atoms with Crippen molar-refractivity contribution in [1.29, 1.82) is 0 Å². The van der Waals surface area contributed by atoms with E-state index in [2.05, 4.69) is 10.1 Å². The molecule has 3 aromatic rings. The topological polar surface area (TPSA) is 101 Å². The van der Waals surface area contributed by atoms with E-state index >= 15 is 0 Å². The number of nitrogens with zero attached hydrogens (tertiary/aromatic N) is 2. The van der Waals surface area contributed by atoms with E-state index in [-0.39, 0.29) is 18.3 Å². The molecule has 0 bridgehead atoms. The van der Waals surface area contributed by atoms with Crippen molar-refractivity contribution >= 4 is 34.5 Å². The first-order valence-corrected chi connectivity index (χ1v) is 11.4. The predicted octanol–water partition coefficient (Wildman–Crippen LogP) is 5.04. The molecule has 0 radical (unpaired) electrons. The lowest BCUT2D eigenvalue weighted by Gasteiger charge is -2.19. The molecule has 1 aromatic heterocycles. The second-order valence-corrected chi connectivity index (χ2v) is 10.3. The number of thioether (sulfide) groups is 1. The first kappa shape index (κ1) is 24.6. The van der Waals surface area contributed by atoms with E-state index in [4.69, 9.17) is 18.7 Å². The Balaban J connectivity index is 1.63. The number of esters is 2. The Hall–Kier alpha value is -3.07. The third-order valence-corrected chi connectivity index (χ3v) is 4.78. The second kappa shape index (κ2) is 9.82. The van der Waals surface area contributed by atoms with Crippen molar-refractivity contribution in [3.8, 4) is 17.1 Å². The van der Waals surface area contributed by atoms with Gasteiger partial charge in [0.25, 0.3) is 5.22 Å². The number of ether oxygens (including phenoxy) is 3. The molecular weight excluding hydrogens is 444 g/mol. The van der Waals surface area contributed by atoms with E-state index in [1.54, 1.807) is 6.07 Å². The highest BCUT2D eigenvalue weighted by Gasteiger charge is 2.19. The SMILES string of the molecule is CC(C)(C)OC(=O)COc1ccc2cc(-c3noc(SCC(=O)OC(C)(C)C)n3)ccc2c1. The van der Waals surface area contributed by atoms with Crippen molar-refractivity contribution in [1.82, 2.24) is 10.1 Å². The van der Waals surface area contributed by atoms with Crippen LogP contribution in [-0.4, -0.2) is 45.6 Å². The number of hydrogen-bond acceptors (Lipinski definition) is 9. The molecule has 0 aliphatic carbocycles. The Morgan fingerprint density at radius 1 is 0.909 bits per heavy atom. The molecule has 176 valence electrons. The maximum Gasteiger partial charge on any atom is 0.344 e. The highest BCUT2D eigenvalue weighted by molar-refractivity contribution is 7.99. The average molecular weight is 473 g/mol. The largest absolute Gasteiger partial charge is 0.482 e. The molecule has 0 fully saturated rings. The number of hydrogen-bond donors (Lipinski definition) is 0. The number of carbonyl (C=O) groups excluding carboxylic acids is 2. The van der Waals surface area contributed by atoms with Gasteiger partial charge in [0.2, 0.25) is 5.82 Å². The number of benzene rings is 2. The number of carbonyl (C=O) groups is 2. The van der Waals surface area contributed by atoms with Crippen LogP contribution in [0.3, 0.4) is 0 Å². The highest BCUT2D eigenvalue weighted by atomic mass is 32.2. The first-order valence-electron chi connectivity index (χ1n) is 10.5. The molecular formula is C24H28N2O6S. The summed E-state index contributed by atoms with van der Waals surface area (Å²) >= 11 is 1.13. The monoisotopic (exact) mass is 472 g/mol. The molecule has 9 heteroatoms. The van der Waals surface area contributed by atoms with E-state index < -0.39 is 17.2 Å². The van der Waals surface area contributed by atoms with Crippen LogP contribution in [0.25, 0.3) is 22.2 Å². The zero-order chi connectivity index (χ0) is 24.2. The fourth-order valence-electron chi connectivity index (χ4n) is 2.84. The van der Waals surface area contributed by atoms with Crippen LogP contribution in [0.15, 0.2) is 46.1 Å². The van der Waals surface area contributed by atoms with E-state index in [9.17, 15) is 9.59 Å². The quantitative estimate of drug-likeness (QED) is 0.345. The third-order valence-electron chi connectivity index (χ3n) is 3.99. The lowest BCUT2D eigenvalue weighted by molar-refractivity contribution is -0.157. The standard InChI is InChI=1S/C24H28N2O6S/c1-23(2,3)30-19(27)13-29-18-10-9-15-11-17(8-7-16(15)12-18)21-25-22(32-26-21)33-14-20(28)31-24(4,5)6/h7-12H,13-14H2,1-6H3. The van der Waals surface area contributed by atoms with Gasteiger partial charge in [-0.15, -0.1) is 0 Å².